The third-order valence-corrected chi connectivity index (χ3v) is 5.23. The molecule has 3 aromatic rings. The molecule has 0 aromatic heterocycles. The number of hydrogen-bond acceptors (Lipinski definition) is 1. The normalized spacial score (nSPS) is 16.6. The van der Waals surface area contributed by atoms with Gasteiger partial charge in [-0.25, -0.2) is 0 Å². The van der Waals surface area contributed by atoms with E-state index in [0.29, 0.717) is 4.95 Å². The van der Waals surface area contributed by atoms with Crippen molar-refractivity contribution in [1.29, 1.82) is 0 Å². The average molecular weight is 364 g/mol. The van der Waals surface area contributed by atoms with Gasteiger partial charge in [-0.2, -0.15) is 0 Å². The minimum atomic E-state index is 0.213. The molecule has 0 bridgehead atoms. The van der Waals surface area contributed by atoms with Crippen molar-refractivity contribution in [3.8, 4) is 0 Å². The fourth-order valence-corrected chi connectivity index (χ4v) is 4.26. The second-order valence-electron chi connectivity index (χ2n) is 5.90. The Morgan fingerprint density at radius 3 is 1.87 bits per heavy atom. The molecule has 1 aliphatic rings. The summed E-state index contributed by atoms with van der Waals surface area (Å²) >= 11 is 3.91. The van der Waals surface area contributed by atoms with Crippen LogP contribution in [0.3, 0.4) is 0 Å². The first-order chi connectivity index (χ1) is 11.3. The third-order valence-electron chi connectivity index (χ3n) is 4.47. The molecule has 1 atom stereocenters. The Bertz CT molecular complexity index is 746. The van der Waals surface area contributed by atoms with Gasteiger partial charge >= 0.3 is 0 Å². The van der Waals surface area contributed by atoms with Gasteiger partial charge in [0, 0.05) is 12.1 Å². The first kappa shape index (κ1) is 14.5. The molecule has 1 aliphatic heterocycles. The van der Waals surface area contributed by atoms with Crippen LogP contribution in [-0.2, 0) is 6.42 Å². The van der Waals surface area contributed by atoms with E-state index in [-0.39, 0.29) is 6.04 Å². The Morgan fingerprint density at radius 1 is 0.739 bits per heavy atom. The predicted octanol–water partition coefficient (Wildman–Crippen LogP) is 5.56. The first-order valence-electron chi connectivity index (χ1n) is 7.95. The molecule has 3 aromatic carbocycles. The third kappa shape index (κ3) is 2.68. The predicted molar refractivity (Wildman–Crippen MR) is 100 cm³/mol. The zero-order chi connectivity index (χ0) is 15.6. The van der Waals surface area contributed by atoms with Gasteiger partial charge in [0.15, 0.2) is 0 Å². The van der Waals surface area contributed by atoms with Crippen LogP contribution in [-0.4, -0.2) is 4.95 Å². The molecule has 0 saturated heterocycles. The van der Waals surface area contributed by atoms with Crippen molar-refractivity contribution < 1.29 is 0 Å². The Kier molecular flexibility index (Phi) is 3.92. The number of benzene rings is 3. The lowest BCUT2D eigenvalue weighted by Gasteiger charge is -2.34. The summed E-state index contributed by atoms with van der Waals surface area (Å²) < 4.78 is 0. The molecule has 0 N–H and O–H groups in total. The maximum Gasteiger partial charge on any atom is 0.0896 e. The fraction of sp³-hybridized carbons (Fsp3) is 0.143. The van der Waals surface area contributed by atoms with E-state index in [9.17, 15) is 0 Å². The van der Waals surface area contributed by atoms with Gasteiger partial charge in [0.1, 0.15) is 0 Å². The summed E-state index contributed by atoms with van der Waals surface area (Å²) in [7, 11) is 0. The number of hydrogen-bond donors (Lipinski definition) is 0. The second-order valence-corrected chi connectivity index (χ2v) is 6.96. The van der Waals surface area contributed by atoms with Crippen molar-refractivity contribution in [1.82, 2.24) is 0 Å². The molecule has 0 spiro atoms. The molecule has 23 heavy (non-hydrogen) atoms. The quantitative estimate of drug-likeness (QED) is 0.434. The van der Waals surface area contributed by atoms with E-state index < -0.39 is 0 Å². The van der Waals surface area contributed by atoms with Crippen LogP contribution < -0.4 is 4.90 Å². The van der Waals surface area contributed by atoms with Crippen LogP contribution >= 0.6 is 15.9 Å². The highest BCUT2D eigenvalue weighted by atomic mass is 79.9. The van der Waals surface area contributed by atoms with Crippen LogP contribution in [0.25, 0.3) is 0 Å². The van der Waals surface area contributed by atoms with Gasteiger partial charge in [-0.15, -0.1) is 0 Å². The van der Waals surface area contributed by atoms with Crippen molar-refractivity contribution in [2.24, 2.45) is 0 Å². The lowest BCUT2D eigenvalue weighted by Crippen LogP contribution is -2.32. The fourth-order valence-electron chi connectivity index (χ4n) is 3.45. The number of anilines is 1. The zero-order valence-corrected chi connectivity index (χ0v) is 14.4. The smallest absolute Gasteiger partial charge is 0.0896 e. The summed E-state index contributed by atoms with van der Waals surface area (Å²) in [4.78, 5) is 2.81. The van der Waals surface area contributed by atoms with Crippen molar-refractivity contribution in [2.75, 3.05) is 4.90 Å². The second kappa shape index (κ2) is 6.21. The number of para-hydroxylation sites is 1. The molecule has 1 nitrogen and oxygen atoms in total. The number of alkyl halides is 1. The SMILES string of the molecule is BrC1Cc2ccccc2N1C(c1ccccc1)c1ccccc1. The number of rotatable bonds is 3. The summed E-state index contributed by atoms with van der Waals surface area (Å²) in [6.07, 6.45) is 1.03. The van der Waals surface area contributed by atoms with Gasteiger partial charge in [0.25, 0.3) is 0 Å². The molecule has 0 radical (unpaired) electrons. The summed E-state index contributed by atoms with van der Waals surface area (Å²) in [6.45, 7) is 0. The number of nitrogens with zero attached hydrogens (tertiary/aromatic N) is 1. The van der Waals surface area contributed by atoms with Crippen molar-refractivity contribution in [2.45, 2.75) is 17.4 Å². The van der Waals surface area contributed by atoms with Crippen molar-refractivity contribution in [3.05, 3.63) is 102 Å². The van der Waals surface area contributed by atoms with Crippen molar-refractivity contribution >= 4 is 21.6 Å². The van der Waals surface area contributed by atoms with E-state index in [1.807, 2.05) is 0 Å². The summed E-state index contributed by atoms with van der Waals surface area (Å²) in [5.74, 6) is 0. The Labute approximate surface area is 145 Å². The first-order valence-corrected chi connectivity index (χ1v) is 8.86. The summed E-state index contributed by atoms with van der Waals surface area (Å²) in [5, 5.41) is 0. The van der Waals surface area contributed by atoms with E-state index in [0.717, 1.165) is 6.42 Å². The van der Waals surface area contributed by atoms with Crippen LogP contribution in [0, 0.1) is 0 Å². The van der Waals surface area contributed by atoms with Gasteiger partial charge in [-0.1, -0.05) is 94.8 Å². The molecule has 2 heteroatoms. The Hall–Kier alpha value is -2.06. The van der Waals surface area contributed by atoms with E-state index in [4.69, 9.17) is 0 Å². The van der Waals surface area contributed by atoms with E-state index in [1.54, 1.807) is 0 Å². The van der Waals surface area contributed by atoms with E-state index in [1.165, 1.54) is 22.4 Å². The molecule has 114 valence electrons. The highest BCUT2D eigenvalue weighted by Gasteiger charge is 2.34. The van der Waals surface area contributed by atoms with Gasteiger partial charge in [0.05, 0.1) is 11.0 Å². The van der Waals surface area contributed by atoms with Gasteiger partial charge in [0.2, 0.25) is 0 Å². The monoisotopic (exact) mass is 363 g/mol. The molecule has 0 saturated carbocycles. The lowest BCUT2D eigenvalue weighted by atomic mass is 9.97. The Morgan fingerprint density at radius 2 is 1.26 bits per heavy atom. The van der Waals surface area contributed by atoms with Crippen molar-refractivity contribution in [3.63, 3.8) is 0 Å². The number of halogens is 1. The minimum Gasteiger partial charge on any atom is -0.347 e. The maximum atomic E-state index is 3.91. The van der Waals surface area contributed by atoms with Gasteiger partial charge < -0.3 is 4.90 Å². The van der Waals surface area contributed by atoms with Crippen LogP contribution in [0.1, 0.15) is 22.7 Å². The highest BCUT2D eigenvalue weighted by Crippen LogP contribution is 2.43. The average Bonchev–Trinajstić information content (AvgIpc) is 2.94. The Balaban J connectivity index is 1.86. The summed E-state index contributed by atoms with van der Waals surface area (Å²) in [6, 6.07) is 30.5. The minimum absolute atomic E-state index is 0.213. The van der Waals surface area contributed by atoms with Crippen LogP contribution in [0.4, 0.5) is 5.69 Å². The van der Waals surface area contributed by atoms with E-state index >= 15 is 0 Å². The molecule has 1 heterocycles. The maximum absolute atomic E-state index is 3.91. The molecule has 0 fully saturated rings. The standard InChI is InChI=1S/C21H18BrN/c22-20-15-18-13-7-8-14-19(18)23(20)21(16-9-3-1-4-10-16)17-11-5-2-6-12-17/h1-14,20-21H,15H2. The van der Waals surface area contributed by atoms with Crippen LogP contribution in [0.15, 0.2) is 84.9 Å². The molecular formula is C21H18BrN. The van der Waals surface area contributed by atoms with Crippen LogP contribution in [0.5, 0.6) is 0 Å². The molecular weight excluding hydrogens is 346 g/mol. The molecule has 0 aliphatic carbocycles. The van der Waals surface area contributed by atoms with Gasteiger partial charge in [-0.05, 0) is 22.8 Å². The zero-order valence-electron chi connectivity index (χ0n) is 12.8. The number of fused-ring (bicyclic) bond motifs is 1. The van der Waals surface area contributed by atoms with Gasteiger partial charge in [-0.3, -0.25) is 0 Å². The van der Waals surface area contributed by atoms with Crippen LogP contribution in [0.2, 0.25) is 0 Å². The molecule has 4 rings (SSSR count). The summed E-state index contributed by atoms with van der Waals surface area (Å²) in [5.41, 5.74) is 5.37. The highest BCUT2D eigenvalue weighted by molar-refractivity contribution is 9.09. The molecule has 1 unspecified atom stereocenters. The largest absolute Gasteiger partial charge is 0.347 e. The lowest BCUT2D eigenvalue weighted by molar-refractivity contribution is 0.709. The molecule has 0 amide bonds. The van der Waals surface area contributed by atoms with E-state index in [2.05, 4.69) is 106 Å². The topological polar surface area (TPSA) is 3.24 Å².